The Kier molecular flexibility index (Phi) is 14.7. The quantitative estimate of drug-likeness (QED) is 0.318. The van der Waals surface area contributed by atoms with Crippen LogP contribution in [-0.2, 0) is 28.5 Å². The van der Waals surface area contributed by atoms with Crippen LogP contribution in [0.5, 0.6) is 0 Å². The van der Waals surface area contributed by atoms with Gasteiger partial charge in [0.15, 0.2) is 0 Å². The van der Waals surface area contributed by atoms with Gasteiger partial charge in [0, 0.05) is 6.54 Å². The summed E-state index contributed by atoms with van der Waals surface area (Å²) in [7, 11) is 0. The maximum atomic E-state index is 11.4. The molecule has 0 bridgehead atoms. The highest BCUT2D eigenvalue weighted by Crippen LogP contribution is 2.06. The van der Waals surface area contributed by atoms with Crippen LogP contribution in [0.25, 0.3) is 0 Å². The van der Waals surface area contributed by atoms with E-state index < -0.39 is 23.8 Å². The first-order valence-corrected chi connectivity index (χ1v) is 8.88. The lowest BCUT2D eigenvalue weighted by Gasteiger charge is -2.20. The molecule has 0 heterocycles. The molecule has 0 saturated carbocycles. The van der Waals surface area contributed by atoms with Crippen molar-refractivity contribution < 1.29 is 43.5 Å². The van der Waals surface area contributed by atoms with Gasteiger partial charge in [-0.1, -0.05) is 0 Å². The average Bonchev–Trinajstić information content (AvgIpc) is 2.55. The summed E-state index contributed by atoms with van der Waals surface area (Å²) >= 11 is 0. The zero-order chi connectivity index (χ0) is 20.5. The van der Waals surface area contributed by atoms with Crippen molar-refractivity contribution in [3.05, 3.63) is 0 Å². The summed E-state index contributed by atoms with van der Waals surface area (Å²) in [5.74, 6) is -0.890. The molecule has 0 rings (SSSR count). The average molecular weight is 395 g/mol. The molecular formula is C17H33NO9. The predicted molar refractivity (Wildman–Crippen MR) is 95.8 cm³/mol. The fraction of sp³-hybridized carbons (Fsp3) is 0.882. The molecule has 0 saturated heterocycles. The van der Waals surface area contributed by atoms with Gasteiger partial charge < -0.3 is 39.2 Å². The number of alkyl carbamates (subject to hydrolysis) is 1. The number of carbonyl (C=O) groups excluding carboxylic acids is 1. The number of rotatable bonds is 16. The van der Waals surface area contributed by atoms with E-state index in [4.69, 9.17) is 28.8 Å². The van der Waals surface area contributed by atoms with Gasteiger partial charge in [-0.2, -0.15) is 0 Å². The molecule has 10 nitrogen and oxygen atoms in total. The number of carbonyl (C=O) groups is 2. The summed E-state index contributed by atoms with van der Waals surface area (Å²) in [6, 6.07) is 0. The van der Waals surface area contributed by atoms with E-state index in [1.807, 2.05) is 0 Å². The molecule has 0 aliphatic heterocycles. The molecular weight excluding hydrogens is 362 g/mol. The van der Waals surface area contributed by atoms with E-state index in [2.05, 4.69) is 5.32 Å². The summed E-state index contributed by atoms with van der Waals surface area (Å²) in [5, 5.41) is 20.6. The van der Waals surface area contributed by atoms with Gasteiger partial charge in [-0.3, -0.25) is 4.79 Å². The van der Waals surface area contributed by atoms with Gasteiger partial charge in [0.05, 0.1) is 65.4 Å². The standard InChI is InChI=1S/C17H33NO9/c1-17(2,3)27-16(22)18-12-14(19)13-26-11-10-25-9-8-24-7-6-23-5-4-15(20)21/h14,19H,4-13H2,1-3H3,(H,18,22)(H,20,21). The normalized spacial score (nSPS) is 12.6. The van der Waals surface area contributed by atoms with E-state index in [-0.39, 0.29) is 26.2 Å². The lowest BCUT2D eigenvalue weighted by molar-refractivity contribution is -0.138. The van der Waals surface area contributed by atoms with Crippen LogP contribution in [0.3, 0.4) is 0 Å². The SMILES string of the molecule is CC(C)(C)OC(=O)NCC(O)COCCOCCOCCOCCC(=O)O. The summed E-state index contributed by atoms with van der Waals surface area (Å²) in [6.45, 7) is 7.71. The molecule has 1 atom stereocenters. The van der Waals surface area contributed by atoms with E-state index >= 15 is 0 Å². The first-order chi connectivity index (χ1) is 12.7. The number of ether oxygens (including phenoxy) is 5. The second-order valence-electron chi connectivity index (χ2n) is 6.59. The summed E-state index contributed by atoms with van der Waals surface area (Å²) in [4.78, 5) is 21.7. The Hall–Kier alpha value is -1.46. The topological polar surface area (TPSA) is 133 Å². The molecule has 0 aliphatic carbocycles. The third kappa shape index (κ3) is 20.7. The van der Waals surface area contributed by atoms with Crippen molar-refractivity contribution in [1.82, 2.24) is 5.32 Å². The molecule has 27 heavy (non-hydrogen) atoms. The van der Waals surface area contributed by atoms with E-state index in [9.17, 15) is 14.7 Å². The molecule has 0 aromatic rings. The zero-order valence-corrected chi connectivity index (χ0v) is 16.4. The molecule has 0 aliphatic rings. The van der Waals surface area contributed by atoms with Crippen molar-refractivity contribution in [2.45, 2.75) is 38.9 Å². The predicted octanol–water partition coefficient (Wildman–Crippen LogP) is 0.413. The van der Waals surface area contributed by atoms with Crippen molar-refractivity contribution >= 4 is 12.1 Å². The van der Waals surface area contributed by atoms with Crippen molar-refractivity contribution in [2.24, 2.45) is 0 Å². The Labute approximate surface area is 160 Å². The number of aliphatic carboxylic acids is 1. The Morgan fingerprint density at radius 3 is 1.85 bits per heavy atom. The number of aliphatic hydroxyl groups excluding tert-OH is 1. The Morgan fingerprint density at radius 2 is 1.37 bits per heavy atom. The van der Waals surface area contributed by atoms with Crippen LogP contribution in [0, 0.1) is 0 Å². The fourth-order valence-corrected chi connectivity index (χ4v) is 1.61. The Balaban J connectivity index is 3.32. The van der Waals surface area contributed by atoms with Gasteiger partial charge in [0.25, 0.3) is 0 Å². The van der Waals surface area contributed by atoms with Crippen molar-refractivity contribution in [2.75, 3.05) is 59.4 Å². The summed E-state index contributed by atoms with van der Waals surface area (Å²) < 4.78 is 25.9. The molecule has 0 radical (unpaired) electrons. The second kappa shape index (κ2) is 15.6. The third-order valence-corrected chi connectivity index (χ3v) is 2.77. The minimum atomic E-state index is -0.890. The van der Waals surface area contributed by atoms with E-state index in [1.165, 1.54) is 0 Å². The molecule has 1 amide bonds. The van der Waals surface area contributed by atoms with Gasteiger partial charge in [0.1, 0.15) is 5.60 Å². The smallest absolute Gasteiger partial charge is 0.407 e. The molecule has 3 N–H and O–H groups in total. The monoisotopic (exact) mass is 395 g/mol. The van der Waals surface area contributed by atoms with Crippen LogP contribution in [0.15, 0.2) is 0 Å². The highest BCUT2D eigenvalue weighted by atomic mass is 16.6. The largest absolute Gasteiger partial charge is 0.481 e. The second-order valence-corrected chi connectivity index (χ2v) is 6.59. The Bertz CT molecular complexity index is 398. The number of carboxylic acid groups (broad SMARTS) is 1. The highest BCUT2D eigenvalue weighted by Gasteiger charge is 2.16. The van der Waals surface area contributed by atoms with Crippen LogP contribution in [0.2, 0.25) is 0 Å². The molecule has 0 fully saturated rings. The maximum Gasteiger partial charge on any atom is 0.407 e. The Morgan fingerprint density at radius 1 is 0.889 bits per heavy atom. The van der Waals surface area contributed by atoms with Gasteiger partial charge >= 0.3 is 12.1 Å². The van der Waals surface area contributed by atoms with Gasteiger partial charge in [-0.05, 0) is 20.8 Å². The van der Waals surface area contributed by atoms with Crippen molar-refractivity contribution in [1.29, 1.82) is 0 Å². The lowest BCUT2D eigenvalue weighted by atomic mass is 10.2. The number of amides is 1. The van der Waals surface area contributed by atoms with Crippen LogP contribution >= 0.6 is 0 Å². The fourth-order valence-electron chi connectivity index (χ4n) is 1.61. The number of aliphatic hydroxyl groups is 1. The third-order valence-electron chi connectivity index (χ3n) is 2.77. The number of nitrogens with one attached hydrogen (secondary N) is 1. The van der Waals surface area contributed by atoms with Crippen molar-refractivity contribution in [3.63, 3.8) is 0 Å². The molecule has 0 aromatic heterocycles. The minimum Gasteiger partial charge on any atom is -0.481 e. The van der Waals surface area contributed by atoms with E-state index in [0.717, 1.165) is 0 Å². The molecule has 0 aromatic carbocycles. The highest BCUT2D eigenvalue weighted by molar-refractivity contribution is 5.67. The first-order valence-electron chi connectivity index (χ1n) is 8.88. The number of carboxylic acids is 1. The molecule has 0 spiro atoms. The number of hydrogen-bond acceptors (Lipinski definition) is 8. The first kappa shape index (κ1) is 25.5. The van der Waals surface area contributed by atoms with Crippen LogP contribution in [0.4, 0.5) is 4.79 Å². The summed E-state index contributed by atoms with van der Waals surface area (Å²) in [5.41, 5.74) is -0.583. The van der Waals surface area contributed by atoms with E-state index in [1.54, 1.807) is 20.8 Å². The van der Waals surface area contributed by atoms with Crippen molar-refractivity contribution in [3.8, 4) is 0 Å². The van der Waals surface area contributed by atoms with Crippen LogP contribution in [-0.4, -0.2) is 93.4 Å². The molecule has 1 unspecified atom stereocenters. The zero-order valence-electron chi connectivity index (χ0n) is 16.4. The van der Waals surface area contributed by atoms with Crippen LogP contribution in [0.1, 0.15) is 27.2 Å². The van der Waals surface area contributed by atoms with Gasteiger partial charge in [0.2, 0.25) is 0 Å². The minimum absolute atomic E-state index is 0.0190. The maximum absolute atomic E-state index is 11.4. The van der Waals surface area contributed by atoms with E-state index in [0.29, 0.717) is 39.6 Å². The molecule has 10 heteroatoms. The lowest BCUT2D eigenvalue weighted by Crippen LogP contribution is -2.38. The molecule has 160 valence electrons. The van der Waals surface area contributed by atoms with Crippen LogP contribution < -0.4 is 5.32 Å². The van der Waals surface area contributed by atoms with Gasteiger partial charge in [-0.25, -0.2) is 4.79 Å². The number of hydrogen-bond donors (Lipinski definition) is 3. The van der Waals surface area contributed by atoms with Gasteiger partial charge in [-0.15, -0.1) is 0 Å². The summed E-state index contributed by atoms with van der Waals surface area (Å²) in [6.07, 6.45) is -1.44.